The average molecular weight is 576 g/mol. The molecule has 1 N–H and O–H groups in total. The largest absolute Gasteiger partial charge is 0.352 e. The van der Waals surface area contributed by atoms with Gasteiger partial charge in [-0.25, -0.2) is 8.42 Å². The Kier molecular flexibility index (Phi) is 10.6. The molecule has 0 aromatic heterocycles. The highest BCUT2D eigenvalue weighted by Crippen LogP contribution is 2.22. The molecule has 0 spiro atoms. The summed E-state index contributed by atoms with van der Waals surface area (Å²) in [5.74, 6) is -0.306. The van der Waals surface area contributed by atoms with E-state index in [4.69, 9.17) is 0 Å². The molecule has 7 nitrogen and oxygen atoms in total. The van der Waals surface area contributed by atoms with Crippen LogP contribution in [0.15, 0.2) is 84.9 Å². The van der Waals surface area contributed by atoms with Crippen LogP contribution in [0.2, 0.25) is 0 Å². The van der Waals surface area contributed by atoms with E-state index in [2.05, 4.69) is 5.32 Å². The molecule has 1 fully saturated rings. The summed E-state index contributed by atoms with van der Waals surface area (Å²) in [5.41, 5.74) is 3.58. The van der Waals surface area contributed by atoms with E-state index < -0.39 is 16.1 Å². The fourth-order valence-electron chi connectivity index (χ4n) is 5.53. The predicted octanol–water partition coefficient (Wildman–Crippen LogP) is 5.24. The highest BCUT2D eigenvalue weighted by molar-refractivity contribution is 7.92. The Bertz CT molecular complexity index is 1390. The van der Waals surface area contributed by atoms with Crippen LogP contribution in [0, 0.1) is 6.92 Å². The van der Waals surface area contributed by atoms with Crippen molar-refractivity contribution in [3.63, 3.8) is 0 Å². The van der Waals surface area contributed by atoms with Gasteiger partial charge in [0.25, 0.3) is 0 Å². The molecule has 8 heteroatoms. The summed E-state index contributed by atoms with van der Waals surface area (Å²) >= 11 is 0. The van der Waals surface area contributed by atoms with Crippen LogP contribution in [-0.4, -0.2) is 50.0 Å². The number of hydrogen-bond acceptors (Lipinski definition) is 4. The number of anilines is 1. The number of rotatable bonds is 13. The van der Waals surface area contributed by atoms with E-state index in [-0.39, 0.29) is 30.8 Å². The molecule has 0 aliphatic heterocycles. The molecule has 3 aromatic rings. The lowest BCUT2D eigenvalue weighted by atomic mass is 10.0. The highest BCUT2D eigenvalue weighted by atomic mass is 32.2. The molecule has 2 amide bonds. The highest BCUT2D eigenvalue weighted by Gasteiger charge is 2.32. The topological polar surface area (TPSA) is 86.8 Å². The molecule has 1 saturated carbocycles. The second-order valence-electron chi connectivity index (χ2n) is 11.0. The second kappa shape index (κ2) is 14.3. The van der Waals surface area contributed by atoms with Gasteiger partial charge in [0, 0.05) is 32.0 Å². The first-order valence-electron chi connectivity index (χ1n) is 14.4. The van der Waals surface area contributed by atoms with E-state index in [1.807, 2.05) is 67.6 Å². The number of nitrogens with one attached hydrogen (secondary N) is 1. The SMILES string of the molecule is Cc1cccc(CN(C(=O)CCCN(c2ccccc2)S(C)(=O)=O)[C@@H](Cc2ccccc2)C(=O)NC2CCCC2)c1. The van der Waals surface area contributed by atoms with Gasteiger partial charge < -0.3 is 10.2 Å². The van der Waals surface area contributed by atoms with Crippen LogP contribution < -0.4 is 9.62 Å². The number of para-hydroxylation sites is 1. The Balaban J connectivity index is 1.58. The van der Waals surface area contributed by atoms with Crippen molar-refractivity contribution in [3.8, 4) is 0 Å². The Morgan fingerprint density at radius 1 is 0.902 bits per heavy atom. The molecule has 3 aromatic carbocycles. The molecule has 1 aliphatic rings. The summed E-state index contributed by atoms with van der Waals surface area (Å²) in [5, 5.41) is 3.23. The van der Waals surface area contributed by atoms with Crippen LogP contribution in [0.4, 0.5) is 5.69 Å². The fraction of sp³-hybridized carbons (Fsp3) is 0.394. The van der Waals surface area contributed by atoms with Crippen LogP contribution in [0.5, 0.6) is 0 Å². The second-order valence-corrected chi connectivity index (χ2v) is 12.9. The van der Waals surface area contributed by atoms with Gasteiger partial charge in [-0.15, -0.1) is 0 Å². The maximum absolute atomic E-state index is 14.0. The van der Waals surface area contributed by atoms with Gasteiger partial charge in [0.1, 0.15) is 6.04 Å². The Morgan fingerprint density at radius 3 is 2.17 bits per heavy atom. The molecule has 41 heavy (non-hydrogen) atoms. The molecular formula is C33H41N3O4S. The minimum atomic E-state index is -3.53. The number of carbonyl (C=O) groups excluding carboxylic acids is 2. The number of aryl methyl sites for hydroxylation is 1. The fourth-order valence-corrected chi connectivity index (χ4v) is 6.49. The number of amides is 2. The van der Waals surface area contributed by atoms with Crippen molar-refractivity contribution in [1.29, 1.82) is 0 Å². The van der Waals surface area contributed by atoms with Crippen molar-refractivity contribution in [2.45, 2.75) is 70.5 Å². The summed E-state index contributed by atoms with van der Waals surface area (Å²) in [6.45, 7) is 2.47. The predicted molar refractivity (Wildman–Crippen MR) is 164 cm³/mol. The van der Waals surface area contributed by atoms with Crippen molar-refractivity contribution in [1.82, 2.24) is 10.2 Å². The molecular weight excluding hydrogens is 534 g/mol. The Hall–Kier alpha value is -3.65. The van der Waals surface area contributed by atoms with Gasteiger partial charge in [0.05, 0.1) is 11.9 Å². The zero-order valence-electron chi connectivity index (χ0n) is 24.0. The summed E-state index contributed by atoms with van der Waals surface area (Å²) in [7, 11) is -3.53. The van der Waals surface area contributed by atoms with Gasteiger partial charge in [-0.2, -0.15) is 0 Å². The normalized spacial score (nSPS) is 14.4. The molecule has 0 saturated heterocycles. The van der Waals surface area contributed by atoms with Gasteiger partial charge in [0.15, 0.2) is 0 Å². The van der Waals surface area contributed by atoms with Crippen molar-refractivity contribution >= 4 is 27.5 Å². The first-order valence-corrected chi connectivity index (χ1v) is 16.3. The van der Waals surface area contributed by atoms with Crippen LogP contribution in [-0.2, 0) is 32.6 Å². The number of benzene rings is 3. The van der Waals surface area contributed by atoms with Crippen LogP contribution in [0.3, 0.4) is 0 Å². The molecule has 0 radical (unpaired) electrons. The zero-order valence-corrected chi connectivity index (χ0v) is 24.9. The molecule has 0 bridgehead atoms. The molecule has 0 heterocycles. The zero-order chi connectivity index (χ0) is 29.2. The number of hydrogen-bond donors (Lipinski definition) is 1. The van der Waals surface area contributed by atoms with Crippen LogP contribution in [0.1, 0.15) is 55.2 Å². The van der Waals surface area contributed by atoms with Gasteiger partial charge in [-0.3, -0.25) is 13.9 Å². The van der Waals surface area contributed by atoms with E-state index in [9.17, 15) is 18.0 Å². The van der Waals surface area contributed by atoms with Gasteiger partial charge >= 0.3 is 0 Å². The lowest BCUT2D eigenvalue weighted by Crippen LogP contribution is -2.52. The number of carbonyl (C=O) groups is 2. The summed E-state index contributed by atoms with van der Waals surface area (Å²) < 4.78 is 26.4. The van der Waals surface area contributed by atoms with E-state index in [0.29, 0.717) is 25.1 Å². The lowest BCUT2D eigenvalue weighted by Gasteiger charge is -2.33. The summed E-state index contributed by atoms with van der Waals surface area (Å²) in [6, 6.07) is 26.1. The molecule has 4 rings (SSSR count). The van der Waals surface area contributed by atoms with E-state index in [0.717, 1.165) is 42.4 Å². The summed E-state index contributed by atoms with van der Waals surface area (Å²) in [4.78, 5) is 29.5. The third kappa shape index (κ3) is 8.92. The maximum Gasteiger partial charge on any atom is 0.243 e. The minimum Gasteiger partial charge on any atom is -0.352 e. The van der Waals surface area contributed by atoms with Crippen molar-refractivity contribution in [2.24, 2.45) is 0 Å². The van der Waals surface area contributed by atoms with Crippen LogP contribution >= 0.6 is 0 Å². The molecule has 1 atom stereocenters. The van der Waals surface area contributed by atoms with Gasteiger partial charge in [0.2, 0.25) is 21.8 Å². The first-order chi connectivity index (χ1) is 19.7. The van der Waals surface area contributed by atoms with E-state index in [1.54, 1.807) is 29.2 Å². The van der Waals surface area contributed by atoms with Crippen LogP contribution in [0.25, 0.3) is 0 Å². The van der Waals surface area contributed by atoms with Crippen molar-refractivity contribution < 1.29 is 18.0 Å². The monoisotopic (exact) mass is 575 g/mol. The number of nitrogens with zero attached hydrogens (tertiary/aromatic N) is 2. The quantitative estimate of drug-likeness (QED) is 0.302. The van der Waals surface area contributed by atoms with Crippen molar-refractivity contribution in [2.75, 3.05) is 17.1 Å². The lowest BCUT2D eigenvalue weighted by molar-refractivity contribution is -0.141. The van der Waals surface area contributed by atoms with Gasteiger partial charge in [-0.05, 0) is 49.4 Å². The standard InChI is InChI=1S/C33H41N3O4S/c1-26-13-11-16-28(23-26)25-35(32(37)21-12-22-36(41(2,39)40)30-19-7-4-8-20-30)31(24-27-14-5-3-6-15-27)33(38)34-29-17-9-10-18-29/h3-8,11,13-16,19-20,23,29,31H,9-10,12,17-18,21-22,24-25H2,1-2H3,(H,34,38)/t31-/m0/s1. The third-order valence-corrected chi connectivity index (χ3v) is 8.80. The van der Waals surface area contributed by atoms with Gasteiger partial charge in [-0.1, -0.05) is 91.2 Å². The molecule has 218 valence electrons. The minimum absolute atomic E-state index is 0.118. The number of sulfonamides is 1. The average Bonchev–Trinajstić information content (AvgIpc) is 3.46. The smallest absolute Gasteiger partial charge is 0.243 e. The Morgan fingerprint density at radius 2 is 1.54 bits per heavy atom. The molecule has 1 aliphatic carbocycles. The maximum atomic E-state index is 14.0. The summed E-state index contributed by atoms with van der Waals surface area (Å²) in [6.07, 6.45) is 6.12. The van der Waals surface area contributed by atoms with E-state index >= 15 is 0 Å². The first kappa shape index (κ1) is 30.3. The van der Waals surface area contributed by atoms with E-state index in [1.165, 1.54) is 10.6 Å². The Labute approximate surface area is 244 Å². The molecule has 0 unspecified atom stereocenters. The van der Waals surface area contributed by atoms with Crippen molar-refractivity contribution in [3.05, 3.63) is 102 Å². The third-order valence-electron chi connectivity index (χ3n) is 7.60.